The topological polar surface area (TPSA) is 53.0 Å². The molecule has 0 aliphatic carbocycles. The second kappa shape index (κ2) is 16.9. The molecule has 0 saturated carbocycles. The standard InChI is InChI=1S/C59H57BN6O.Pt/c1-39-26-28-61-55(30-39)65-54-37-47(24-25-48(54)51-27-29-62-66(51)60(65)11)67-46-21-17-20-45(36-46)63-38-64(53-23-16-15-22-52(53)63)56-49(40-18-13-12-14-19-40)34-44(59(8,9)10)35-50(56)41-31-42(57(2,3)4)33-43(32-41)58(5,6)7;/h12-35H,1-11H3;/q-2;/i12D,13D,14D,18D,19D;. The Morgan fingerprint density at radius 1 is 0.632 bits per heavy atom. The molecule has 6 aromatic carbocycles. The zero-order valence-corrected chi connectivity index (χ0v) is 42.7. The first-order valence-corrected chi connectivity index (χ1v) is 24.2. The van der Waals surface area contributed by atoms with Gasteiger partial charge in [0, 0.05) is 12.4 Å². The van der Waals surface area contributed by atoms with E-state index in [1.807, 2.05) is 77.7 Å². The molecule has 0 radical (unpaired) electrons. The van der Waals surface area contributed by atoms with Crippen LogP contribution in [0.1, 0.15) is 91.4 Å². The summed E-state index contributed by atoms with van der Waals surface area (Å²) in [6, 6.07) is 40.5. The molecule has 344 valence electrons. The quantitative estimate of drug-likeness (QED) is 0.118. The van der Waals surface area contributed by atoms with Crippen LogP contribution in [0.4, 0.5) is 11.5 Å². The average molecular weight is 1080 g/mol. The van der Waals surface area contributed by atoms with Crippen molar-refractivity contribution in [1.29, 1.82) is 0 Å². The van der Waals surface area contributed by atoms with E-state index >= 15 is 0 Å². The Bertz CT molecular complexity index is 3700. The summed E-state index contributed by atoms with van der Waals surface area (Å²) in [6.07, 6.45) is 3.63. The van der Waals surface area contributed by atoms with Crippen LogP contribution in [0.5, 0.6) is 11.5 Å². The van der Waals surface area contributed by atoms with Crippen molar-refractivity contribution in [3.63, 3.8) is 0 Å². The van der Waals surface area contributed by atoms with Crippen LogP contribution in [0, 0.1) is 22.9 Å². The number of para-hydroxylation sites is 2. The molecule has 0 saturated heterocycles. The predicted molar refractivity (Wildman–Crippen MR) is 276 cm³/mol. The molecule has 3 aromatic heterocycles. The molecule has 0 N–H and O–H groups in total. The maximum atomic E-state index is 9.47. The summed E-state index contributed by atoms with van der Waals surface area (Å²) >= 11 is 2.36. The molecule has 1 aliphatic rings. The van der Waals surface area contributed by atoms with E-state index in [0.29, 0.717) is 28.4 Å². The first-order valence-electron chi connectivity index (χ1n) is 25.6. The van der Waals surface area contributed by atoms with E-state index in [9.17, 15) is 2.74 Å². The van der Waals surface area contributed by atoms with E-state index in [1.165, 1.54) is 0 Å². The molecule has 0 bridgehead atoms. The van der Waals surface area contributed by atoms with E-state index in [-0.39, 0.29) is 47.5 Å². The van der Waals surface area contributed by atoms with Gasteiger partial charge in [0.1, 0.15) is 0 Å². The van der Waals surface area contributed by atoms with Crippen LogP contribution in [-0.2, 0) is 35.6 Å². The number of aromatic nitrogens is 5. The van der Waals surface area contributed by atoms with Crippen LogP contribution in [0.25, 0.3) is 55.9 Å². The number of rotatable bonds is 7. The molecule has 4 heterocycles. The molecule has 0 unspecified atom stereocenters. The third-order valence-corrected chi connectivity index (χ3v) is 13.8. The third-order valence-electron chi connectivity index (χ3n) is 12.8. The fourth-order valence-electron chi connectivity index (χ4n) is 9.05. The van der Waals surface area contributed by atoms with Crippen LogP contribution in [0.15, 0.2) is 146 Å². The summed E-state index contributed by atoms with van der Waals surface area (Å²) in [5.74, 6) is 1.76. The predicted octanol–water partition coefficient (Wildman–Crippen LogP) is 14.8. The van der Waals surface area contributed by atoms with Gasteiger partial charge in [0.2, 0.25) is 0 Å². The molecule has 1 aliphatic heterocycles. The van der Waals surface area contributed by atoms with Crippen molar-refractivity contribution in [1.82, 2.24) is 23.8 Å². The van der Waals surface area contributed by atoms with Crippen molar-refractivity contribution in [3.05, 3.63) is 184 Å². The average Bonchev–Trinajstić information content (AvgIpc) is 3.95. The zero-order chi connectivity index (χ0) is 52.2. The van der Waals surface area contributed by atoms with Gasteiger partial charge in [0.25, 0.3) is 0 Å². The monoisotopic (exact) mass is 1080 g/mol. The van der Waals surface area contributed by atoms with Crippen molar-refractivity contribution in [2.24, 2.45) is 0 Å². The van der Waals surface area contributed by atoms with Crippen molar-refractivity contribution >= 4 is 29.5 Å². The van der Waals surface area contributed by atoms with E-state index < -0.39 is 11.5 Å². The van der Waals surface area contributed by atoms with E-state index in [2.05, 4.69) is 169 Å². The Morgan fingerprint density at radius 2 is 1.26 bits per heavy atom. The molecule has 9 heteroatoms. The number of fused-ring (bicyclic) bond motifs is 4. The summed E-state index contributed by atoms with van der Waals surface area (Å²) in [6.45, 7) is 23.7. The van der Waals surface area contributed by atoms with Crippen LogP contribution in [-0.4, -0.2) is 30.8 Å². The summed E-state index contributed by atoms with van der Waals surface area (Å²) in [7, 11) is 0. The second-order valence-corrected chi connectivity index (χ2v) is 21.8. The second-order valence-electron chi connectivity index (χ2n) is 20.8. The molecule has 10 rings (SSSR count). The van der Waals surface area contributed by atoms with E-state index in [4.69, 9.17) is 13.8 Å². The SMILES string of the molecule is [2H]c1c([2H])c([2H])c(-c2cc(C(C)(C)C)cc(-c3cc(C(C)(C)C)cc(C(C)(C)C)c3)c2-n2[c](=[Pt])n(-c3[c-]c(Oc4[c-]c5c(cc4)-c4ccnn4B(C)N5c4cc(C)ccn4)ccc3)c3ccccc32)c([2H])c1[2H]. The molecule has 0 amide bonds. The molecular weight excluding hydrogens is 1010 g/mol. The number of pyridine rings is 1. The van der Waals surface area contributed by atoms with Gasteiger partial charge in [-0.15, -0.1) is 0 Å². The normalized spacial score (nSPS) is 14.0. The Hall–Kier alpha value is -6.50. The Balaban J connectivity index is 1.21. The van der Waals surface area contributed by atoms with Gasteiger partial charge in [-0.2, -0.15) is 5.10 Å². The van der Waals surface area contributed by atoms with Gasteiger partial charge in [0.05, 0.1) is 0 Å². The van der Waals surface area contributed by atoms with Gasteiger partial charge in [-0.3, -0.25) is 0 Å². The molecule has 0 spiro atoms. The first kappa shape index (κ1) is 39.5. The Labute approximate surface area is 419 Å². The van der Waals surface area contributed by atoms with Crippen LogP contribution >= 0.6 is 0 Å². The van der Waals surface area contributed by atoms with Crippen LogP contribution in [0.3, 0.4) is 0 Å². The fraction of sp³-hybridized carbons (Fsp3) is 0.237. The maximum absolute atomic E-state index is 9.47. The molecule has 0 atom stereocenters. The first-order chi connectivity index (χ1) is 34.4. The van der Waals surface area contributed by atoms with Crippen LogP contribution < -0.4 is 9.55 Å². The number of aryl methyl sites for hydroxylation is 1. The van der Waals surface area contributed by atoms with Gasteiger partial charge in [-0.1, -0.05) is 0 Å². The number of hydrogen-bond acceptors (Lipinski definition) is 4. The number of ether oxygens (including phenoxy) is 1. The minimum absolute atomic E-state index is 0.135. The van der Waals surface area contributed by atoms with Gasteiger partial charge < -0.3 is 0 Å². The van der Waals surface area contributed by atoms with Gasteiger partial charge in [-0.25, -0.2) is 0 Å². The van der Waals surface area contributed by atoms with Gasteiger partial charge in [-0.05, 0) is 18.6 Å². The molecular formula is C59H57BN6OPt-2. The van der Waals surface area contributed by atoms with Crippen molar-refractivity contribution in [2.45, 2.75) is 92.3 Å². The number of nitrogens with zero attached hydrogens (tertiary/aromatic N) is 6. The van der Waals surface area contributed by atoms with Gasteiger partial charge in [0.15, 0.2) is 0 Å². The summed E-state index contributed by atoms with van der Waals surface area (Å²) < 4.78 is 59.2. The molecule has 9 aromatic rings. The molecule has 0 fully saturated rings. The van der Waals surface area contributed by atoms with E-state index in [1.54, 1.807) is 0 Å². The summed E-state index contributed by atoms with van der Waals surface area (Å²) in [4.78, 5) is 6.89. The number of anilines is 2. The number of benzene rings is 6. The Kier molecular flexibility index (Phi) is 9.83. The van der Waals surface area contributed by atoms with Gasteiger partial charge >= 0.3 is 386 Å². The Morgan fingerprint density at radius 3 is 1.93 bits per heavy atom. The van der Waals surface area contributed by atoms with E-state index in [0.717, 1.165) is 71.0 Å². The van der Waals surface area contributed by atoms with Crippen molar-refractivity contribution < 1.29 is 30.9 Å². The third kappa shape index (κ3) is 8.21. The number of imidazole rings is 1. The molecule has 68 heavy (non-hydrogen) atoms. The zero-order valence-electron chi connectivity index (χ0n) is 45.5. The summed E-state index contributed by atoms with van der Waals surface area (Å²) in [5, 5.41) is 4.66. The van der Waals surface area contributed by atoms with Crippen LogP contribution in [0.2, 0.25) is 6.82 Å². The fourth-order valence-corrected chi connectivity index (χ4v) is 10.1. The number of hydrogen-bond donors (Lipinski definition) is 0. The van der Waals surface area contributed by atoms with Crippen molar-refractivity contribution in [2.75, 3.05) is 4.81 Å². The molecule has 7 nitrogen and oxygen atoms in total. The van der Waals surface area contributed by atoms with Crippen molar-refractivity contribution in [3.8, 4) is 56.4 Å². The summed E-state index contributed by atoms with van der Waals surface area (Å²) in [5.41, 5.74) is 11.9. The minimum atomic E-state index is -0.438.